The van der Waals surface area contributed by atoms with E-state index in [2.05, 4.69) is 30.3 Å². The van der Waals surface area contributed by atoms with E-state index >= 15 is 0 Å². The van der Waals surface area contributed by atoms with Gasteiger partial charge in [0.1, 0.15) is 0 Å². The van der Waals surface area contributed by atoms with Gasteiger partial charge in [0.25, 0.3) is 0 Å². The Kier molecular flexibility index (Phi) is 3.51. The van der Waals surface area contributed by atoms with Gasteiger partial charge in [-0.15, -0.1) is 6.42 Å². The van der Waals surface area contributed by atoms with Crippen LogP contribution in [-0.2, 0) is 0 Å². The molecule has 1 fully saturated rings. The van der Waals surface area contributed by atoms with Crippen LogP contribution in [0, 0.1) is 18.3 Å². The summed E-state index contributed by atoms with van der Waals surface area (Å²) in [5, 5.41) is 3.58. The second-order valence-electron chi connectivity index (χ2n) is 4.83. The third-order valence-electron chi connectivity index (χ3n) is 3.42. The fraction of sp³-hybridized carbons (Fsp3) is 0.467. The van der Waals surface area contributed by atoms with Crippen molar-refractivity contribution >= 4 is 5.69 Å². The topological polar surface area (TPSA) is 12.0 Å². The van der Waals surface area contributed by atoms with Crippen molar-refractivity contribution in [3.63, 3.8) is 0 Å². The average molecular weight is 213 g/mol. The highest BCUT2D eigenvalue weighted by atomic mass is 14.9. The summed E-state index contributed by atoms with van der Waals surface area (Å²) in [5.74, 6) is 3.57. The lowest BCUT2D eigenvalue weighted by molar-refractivity contribution is 0.361. The van der Waals surface area contributed by atoms with Crippen LogP contribution < -0.4 is 5.32 Å². The van der Waals surface area contributed by atoms with Crippen molar-refractivity contribution in [2.75, 3.05) is 5.32 Å². The Morgan fingerprint density at radius 3 is 2.69 bits per heavy atom. The molecule has 0 aromatic heterocycles. The minimum atomic E-state index is 0.629. The van der Waals surface area contributed by atoms with Gasteiger partial charge in [-0.05, 0) is 49.8 Å². The summed E-state index contributed by atoms with van der Waals surface area (Å²) in [5.41, 5.74) is 2.11. The van der Waals surface area contributed by atoms with Crippen molar-refractivity contribution in [3.8, 4) is 12.3 Å². The monoisotopic (exact) mass is 213 g/mol. The SMILES string of the molecule is C#Cc1cccc(NC2CCC(C)CC2)c1. The van der Waals surface area contributed by atoms with E-state index in [1.54, 1.807) is 0 Å². The molecule has 1 aromatic carbocycles. The first-order valence-corrected chi connectivity index (χ1v) is 6.11. The minimum Gasteiger partial charge on any atom is -0.382 e. The third kappa shape index (κ3) is 2.79. The van der Waals surface area contributed by atoms with Crippen molar-refractivity contribution in [2.45, 2.75) is 38.6 Å². The summed E-state index contributed by atoms with van der Waals surface area (Å²) in [7, 11) is 0. The maximum absolute atomic E-state index is 5.39. The largest absolute Gasteiger partial charge is 0.382 e. The number of terminal acetylenes is 1. The molecule has 84 valence electrons. The maximum atomic E-state index is 5.39. The molecule has 1 aromatic rings. The zero-order chi connectivity index (χ0) is 11.4. The summed E-state index contributed by atoms with van der Waals surface area (Å²) in [4.78, 5) is 0. The quantitative estimate of drug-likeness (QED) is 0.739. The van der Waals surface area contributed by atoms with E-state index in [0.29, 0.717) is 6.04 Å². The van der Waals surface area contributed by atoms with Gasteiger partial charge in [0.2, 0.25) is 0 Å². The van der Waals surface area contributed by atoms with Crippen LogP contribution in [0.3, 0.4) is 0 Å². The second kappa shape index (κ2) is 5.07. The van der Waals surface area contributed by atoms with Crippen molar-refractivity contribution in [1.29, 1.82) is 0 Å². The van der Waals surface area contributed by atoms with Crippen LogP contribution in [0.5, 0.6) is 0 Å². The van der Waals surface area contributed by atoms with Crippen molar-refractivity contribution < 1.29 is 0 Å². The van der Waals surface area contributed by atoms with Gasteiger partial charge < -0.3 is 5.32 Å². The molecule has 0 atom stereocenters. The molecule has 0 saturated heterocycles. The van der Waals surface area contributed by atoms with Gasteiger partial charge in [-0.2, -0.15) is 0 Å². The first-order valence-electron chi connectivity index (χ1n) is 6.11. The number of benzene rings is 1. The Labute approximate surface area is 98.3 Å². The van der Waals surface area contributed by atoms with Crippen molar-refractivity contribution in [1.82, 2.24) is 0 Å². The van der Waals surface area contributed by atoms with Gasteiger partial charge in [-0.1, -0.05) is 18.9 Å². The molecule has 1 saturated carbocycles. The molecule has 0 bridgehead atoms. The predicted octanol–water partition coefficient (Wildman–Crippen LogP) is 3.66. The van der Waals surface area contributed by atoms with E-state index in [-0.39, 0.29) is 0 Å². The summed E-state index contributed by atoms with van der Waals surface area (Å²) in [6, 6.07) is 8.76. The van der Waals surface area contributed by atoms with Gasteiger partial charge in [0.05, 0.1) is 0 Å². The highest BCUT2D eigenvalue weighted by molar-refractivity contribution is 5.50. The Hall–Kier alpha value is -1.42. The molecule has 1 N–H and O–H groups in total. The number of anilines is 1. The molecule has 0 heterocycles. The molecular weight excluding hydrogens is 194 g/mol. The van der Waals surface area contributed by atoms with E-state index < -0.39 is 0 Å². The minimum absolute atomic E-state index is 0.629. The molecule has 1 aliphatic rings. The number of hydrogen-bond donors (Lipinski definition) is 1. The highest BCUT2D eigenvalue weighted by Crippen LogP contribution is 2.26. The first kappa shape index (κ1) is 11.1. The fourth-order valence-electron chi connectivity index (χ4n) is 2.34. The van der Waals surface area contributed by atoms with Crippen LogP contribution in [0.25, 0.3) is 0 Å². The van der Waals surface area contributed by atoms with Gasteiger partial charge in [0, 0.05) is 17.3 Å². The normalized spacial score (nSPS) is 24.8. The first-order chi connectivity index (χ1) is 7.78. The second-order valence-corrected chi connectivity index (χ2v) is 4.83. The molecule has 0 spiro atoms. The lowest BCUT2D eigenvalue weighted by Crippen LogP contribution is -2.25. The molecule has 0 unspecified atom stereocenters. The van der Waals surface area contributed by atoms with Crippen LogP contribution >= 0.6 is 0 Å². The molecule has 1 heteroatoms. The van der Waals surface area contributed by atoms with E-state index in [1.807, 2.05) is 12.1 Å². The van der Waals surface area contributed by atoms with Crippen LogP contribution in [-0.4, -0.2) is 6.04 Å². The number of nitrogens with one attached hydrogen (secondary N) is 1. The number of rotatable bonds is 2. The van der Waals surface area contributed by atoms with Gasteiger partial charge in [-0.3, -0.25) is 0 Å². The van der Waals surface area contributed by atoms with Crippen LogP contribution in [0.2, 0.25) is 0 Å². The van der Waals surface area contributed by atoms with Crippen molar-refractivity contribution in [3.05, 3.63) is 29.8 Å². The van der Waals surface area contributed by atoms with E-state index in [1.165, 1.54) is 25.7 Å². The zero-order valence-corrected chi connectivity index (χ0v) is 9.87. The highest BCUT2D eigenvalue weighted by Gasteiger charge is 2.17. The van der Waals surface area contributed by atoms with Crippen LogP contribution in [0.15, 0.2) is 24.3 Å². The molecule has 1 aliphatic carbocycles. The average Bonchev–Trinajstić information content (AvgIpc) is 2.32. The van der Waals surface area contributed by atoms with Crippen LogP contribution in [0.4, 0.5) is 5.69 Å². The van der Waals surface area contributed by atoms with E-state index in [0.717, 1.165) is 17.2 Å². The third-order valence-corrected chi connectivity index (χ3v) is 3.42. The molecule has 0 aliphatic heterocycles. The Balaban J connectivity index is 1.96. The summed E-state index contributed by atoms with van der Waals surface area (Å²) in [6.07, 6.45) is 10.6. The Morgan fingerprint density at radius 2 is 2.00 bits per heavy atom. The fourth-order valence-corrected chi connectivity index (χ4v) is 2.34. The lowest BCUT2D eigenvalue weighted by atomic mass is 9.87. The number of hydrogen-bond acceptors (Lipinski definition) is 1. The standard InChI is InChI=1S/C15H19N/c1-3-13-5-4-6-15(11-13)16-14-9-7-12(2)8-10-14/h1,4-6,11-12,14,16H,7-10H2,2H3. The maximum Gasteiger partial charge on any atom is 0.0354 e. The molecule has 1 nitrogen and oxygen atoms in total. The summed E-state index contributed by atoms with van der Waals surface area (Å²) < 4.78 is 0. The zero-order valence-electron chi connectivity index (χ0n) is 9.87. The Bertz CT molecular complexity index is 381. The van der Waals surface area contributed by atoms with Gasteiger partial charge >= 0.3 is 0 Å². The van der Waals surface area contributed by atoms with Crippen LogP contribution in [0.1, 0.15) is 38.2 Å². The molecule has 16 heavy (non-hydrogen) atoms. The Morgan fingerprint density at radius 1 is 1.25 bits per heavy atom. The van der Waals surface area contributed by atoms with Gasteiger partial charge in [-0.25, -0.2) is 0 Å². The molecular formula is C15H19N. The van der Waals surface area contributed by atoms with Crippen molar-refractivity contribution in [2.24, 2.45) is 5.92 Å². The van der Waals surface area contributed by atoms with Gasteiger partial charge in [0.15, 0.2) is 0 Å². The summed E-state index contributed by atoms with van der Waals surface area (Å²) >= 11 is 0. The molecule has 2 rings (SSSR count). The molecule has 0 amide bonds. The van der Waals surface area contributed by atoms with E-state index in [9.17, 15) is 0 Å². The predicted molar refractivity (Wildman–Crippen MR) is 69.4 cm³/mol. The van der Waals surface area contributed by atoms with E-state index in [4.69, 9.17) is 6.42 Å². The summed E-state index contributed by atoms with van der Waals surface area (Å²) in [6.45, 7) is 2.34. The smallest absolute Gasteiger partial charge is 0.0354 e. The lowest BCUT2D eigenvalue weighted by Gasteiger charge is -2.27. The molecule has 0 radical (unpaired) electrons.